The highest BCUT2D eigenvalue weighted by Crippen LogP contribution is 2.21. The first-order valence-electron chi connectivity index (χ1n) is 9.77. The number of likely N-dealkylation sites (tertiary alicyclic amines) is 2. The van der Waals surface area contributed by atoms with E-state index >= 15 is 0 Å². The van der Waals surface area contributed by atoms with E-state index in [0.717, 1.165) is 39.0 Å². The lowest BCUT2D eigenvalue weighted by Gasteiger charge is -2.36. The Balaban J connectivity index is 1.85. The summed E-state index contributed by atoms with van der Waals surface area (Å²) in [5, 5.41) is 0. The van der Waals surface area contributed by atoms with Gasteiger partial charge in [0.15, 0.2) is 0 Å². The molecule has 2 heterocycles. The minimum atomic E-state index is 0.0899. The number of rotatable bonds is 5. The first kappa shape index (κ1) is 19.2. The van der Waals surface area contributed by atoms with Crippen LogP contribution in [0.15, 0.2) is 0 Å². The third kappa shape index (κ3) is 5.47. The van der Waals surface area contributed by atoms with Crippen LogP contribution in [0.3, 0.4) is 0 Å². The van der Waals surface area contributed by atoms with Gasteiger partial charge in [-0.15, -0.1) is 0 Å². The molecule has 0 N–H and O–H groups in total. The number of hydrogen-bond donors (Lipinski definition) is 0. The van der Waals surface area contributed by atoms with Crippen molar-refractivity contribution >= 4 is 11.8 Å². The van der Waals surface area contributed by atoms with Crippen LogP contribution >= 0.6 is 0 Å². The average Bonchev–Trinajstić information content (AvgIpc) is 2.83. The first-order valence-corrected chi connectivity index (χ1v) is 9.77. The molecule has 2 fully saturated rings. The van der Waals surface area contributed by atoms with E-state index in [1.807, 2.05) is 4.90 Å². The summed E-state index contributed by atoms with van der Waals surface area (Å²) >= 11 is 0. The molecule has 2 saturated heterocycles. The molecule has 2 aliphatic heterocycles. The maximum atomic E-state index is 13.0. The number of nitrogens with zero attached hydrogens (tertiary/aromatic N) is 3. The number of carbonyl (C=O) groups is 2. The van der Waals surface area contributed by atoms with E-state index < -0.39 is 0 Å². The van der Waals surface area contributed by atoms with Crippen molar-refractivity contribution < 1.29 is 9.59 Å². The van der Waals surface area contributed by atoms with Crippen LogP contribution in [0.2, 0.25) is 0 Å². The zero-order valence-corrected chi connectivity index (χ0v) is 15.8. The van der Waals surface area contributed by atoms with Gasteiger partial charge in [-0.1, -0.05) is 12.8 Å². The Labute approximate surface area is 147 Å². The van der Waals surface area contributed by atoms with Crippen LogP contribution in [-0.4, -0.2) is 71.8 Å². The van der Waals surface area contributed by atoms with Gasteiger partial charge in [0.25, 0.3) is 0 Å². The lowest BCUT2D eigenvalue weighted by Crippen LogP contribution is -2.48. The lowest BCUT2D eigenvalue weighted by molar-refractivity contribution is -0.141. The molecule has 0 unspecified atom stereocenters. The Kier molecular flexibility index (Phi) is 7.53. The third-order valence-electron chi connectivity index (χ3n) is 5.55. The third-order valence-corrected chi connectivity index (χ3v) is 5.55. The van der Waals surface area contributed by atoms with Crippen molar-refractivity contribution in [1.82, 2.24) is 14.7 Å². The maximum absolute atomic E-state index is 13.0. The minimum Gasteiger partial charge on any atom is -0.343 e. The summed E-state index contributed by atoms with van der Waals surface area (Å²) in [6.07, 6.45) is 6.89. The van der Waals surface area contributed by atoms with Gasteiger partial charge in [0.1, 0.15) is 0 Å². The molecule has 0 aromatic carbocycles. The van der Waals surface area contributed by atoms with Crippen molar-refractivity contribution in [2.45, 2.75) is 65.3 Å². The van der Waals surface area contributed by atoms with Crippen molar-refractivity contribution in [1.29, 1.82) is 0 Å². The monoisotopic (exact) mass is 337 g/mol. The Bertz CT molecular complexity index is 409. The molecule has 0 spiro atoms. The van der Waals surface area contributed by atoms with E-state index in [1.54, 1.807) is 6.92 Å². The first-order chi connectivity index (χ1) is 11.5. The van der Waals surface area contributed by atoms with Gasteiger partial charge in [-0.2, -0.15) is 0 Å². The smallest absolute Gasteiger partial charge is 0.226 e. The van der Waals surface area contributed by atoms with E-state index in [1.165, 1.54) is 38.8 Å². The van der Waals surface area contributed by atoms with Crippen molar-refractivity contribution in [3.8, 4) is 0 Å². The average molecular weight is 338 g/mol. The molecule has 0 saturated carbocycles. The molecule has 0 radical (unpaired) electrons. The molecule has 2 amide bonds. The van der Waals surface area contributed by atoms with E-state index in [0.29, 0.717) is 5.91 Å². The van der Waals surface area contributed by atoms with Crippen LogP contribution in [0.1, 0.15) is 59.3 Å². The normalized spacial score (nSPS) is 20.9. The summed E-state index contributed by atoms with van der Waals surface area (Å²) in [4.78, 5) is 30.9. The molecule has 2 aliphatic rings. The maximum Gasteiger partial charge on any atom is 0.226 e. The fraction of sp³-hybridized carbons (Fsp3) is 0.895. The Morgan fingerprint density at radius 1 is 1.00 bits per heavy atom. The summed E-state index contributed by atoms with van der Waals surface area (Å²) in [7, 11) is 0. The highest BCUT2D eigenvalue weighted by molar-refractivity contribution is 5.80. The molecule has 24 heavy (non-hydrogen) atoms. The highest BCUT2D eigenvalue weighted by atomic mass is 16.2. The quantitative estimate of drug-likeness (QED) is 0.773. The van der Waals surface area contributed by atoms with Crippen LogP contribution in [0.5, 0.6) is 0 Å². The van der Waals surface area contributed by atoms with Gasteiger partial charge in [0.05, 0.1) is 0 Å². The molecule has 0 aromatic rings. The van der Waals surface area contributed by atoms with Crippen LogP contribution in [-0.2, 0) is 9.59 Å². The summed E-state index contributed by atoms with van der Waals surface area (Å²) in [5.41, 5.74) is 0. The standard InChI is InChI=1S/C19H35N3O2/c1-16(2)22(15-14-20-10-6-4-5-7-11-20)19(24)18-8-12-21(13-9-18)17(3)23/h16,18H,4-15H2,1-3H3. The minimum absolute atomic E-state index is 0.0899. The number of hydrogen-bond acceptors (Lipinski definition) is 3. The second kappa shape index (κ2) is 9.40. The molecular weight excluding hydrogens is 302 g/mol. The second-order valence-electron chi connectivity index (χ2n) is 7.66. The van der Waals surface area contributed by atoms with E-state index in [4.69, 9.17) is 0 Å². The van der Waals surface area contributed by atoms with Gasteiger partial charge in [-0.3, -0.25) is 9.59 Å². The zero-order chi connectivity index (χ0) is 17.5. The van der Waals surface area contributed by atoms with E-state index in [2.05, 4.69) is 23.6 Å². The molecule has 0 atom stereocenters. The topological polar surface area (TPSA) is 43.9 Å². The lowest BCUT2D eigenvalue weighted by atomic mass is 9.94. The molecule has 0 aromatic heterocycles. The van der Waals surface area contributed by atoms with Gasteiger partial charge in [-0.05, 0) is 52.6 Å². The number of piperidine rings is 1. The van der Waals surface area contributed by atoms with Crippen LogP contribution in [0.25, 0.3) is 0 Å². The van der Waals surface area contributed by atoms with E-state index in [9.17, 15) is 9.59 Å². The van der Waals surface area contributed by atoms with Crippen LogP contribution < -0.4 is 0 Å². The van der Waals surface area contributed by atoms with Gasteiger partial charge < -0.3 is 14.7 Å². The molecule has 5 nitrogen and oxygen atoms in total. The Hall–Kier alpha value is -1.10. The molecule has 2 rings (SSSR count). The van der Waals surface area contributed by atoms with Crippen LogP contribution in [0.4, 0.5) is 0 Å². The summed E-state index contributed by atoms with van der Waals surface area (Å²) in [5.74, 6) is 0.512. The Morgan fingerprint density at radius 2 is 1.58 bits per heavy atom. The predicted molar refractivity (Wildman–Crippen MR) is 96.7 cm³/mol. The number of amides is 2. The summed E-state index contributed by atoms with van der Waals surface area (Å²) in [6, 6.07) is 0.246. The van der Waals surface area contributed by atoms with E-state index in [-0.39, 0.29) is 17.9 Å². The summed E-state index contributed by atoms with van der Waals surface area (Å²) in [6.45, 7) is 11.5. The SMILES string of the molecule is CC(=O)N1CCC(C(=O)N(CCN2CCCCCC2)C(C)C)CC1. The van der Waals surface area contributed by atoms with Gasteiger partial charge in [-0.25, -0.2) is 0 Å². The second-order valence-corrected chi connectivity index (χ2v) is 7.66. The molecule has 5 heteroatoms. The zero-order valence-electron chi connectivity index (χ0n) is 15.8. The number of carbonyl (C=O) groups excluding carboxylic acids is 2. The highest BCUT2D eigenvalue weighted by Gasteiger charge is 2.30. The van der Waals surface area contributed by atoms with Crippen LogP contribution in [0, 0.1) is 5.92 Å². The van der Waals surface area contributed by atoms with Crippen molar-refractivity contribution in [3.05, 3.63) is 0 Å². The fourth-order valence-electron chi connectivity index (χ4n) is 3.91. The van der Waals surface area contributed by atoms with Gasteiger partial charge >= 0.3 is 0 Å². The summed E-state index contributed by atoms with van der Waals surface area (Å²) < 4.78 is 0. The van der Waals surface area contributed by atoms with Crippen molar-refractivity contribution in [2.75, 3.05) is 39.3 Å². The fourth-order valence-corrected chi connectivity index (χ4v) is 3.91. The van der Waals surface area contributed by atoms with Gasteiger partial charge in [0.2, 0.25) is 11.8 Å². The van der Waals surface area contributed by atoms with Crippen molar-refractivity contribution in [3.63, 3.8) is 0 Å². The van der Waals surface area contributed by atoms with Gasteiger partial charge in [0, 0.05) is 45.1 Å². The predicted octanol–water partition coefficient (Wildman–Crippen LogP) is 2.36. The largest absolute Gasteiger partial charge is 0.343 e. The van der Waals surface area contributed by atoms with Crippen molar-refractivity contribution in [2.24, 2.45) is 5.92 Å². The molecule has 138 valence electrons. The molecule has 0 bridgehead atoms. The Morgan fingerprint density at radius 3 is 2.08 bits per heavy atom. The molecular formula is C19H35N3O2. The molecule has 0 aliphatic carbocycles.